The second-order valence-electron chi connectivity index (χ2n) is 7.99. The molecule has 1 aliphatic heterocycles. The van der Waals surface area contributed by atoms with Gasteiger partial charge < -0.3 is 9.30 Å². The van der Waals surface area contributed by atoms with Gasteiger partial charge in [-0.1, -0.05) is 0 Å². The van der Waals surface area contributed by atoms with Crippen molar-refractivity contribution in [3.8, 4) is 17.2 Å². The van der Waals surface area contributed by atoms with Gasteiger partial charge in [0.2, 0.25) is 5.75 Å². The van der Waals surface area contributed by atoms with Crippen LogP contribution in [0.15, 0.2) is 54.1 Å². The molecule has 1 saturated heterocycles. The van der Waals surface area contributed by atoms with E-state index in [0.29, 0.717) is 29.1 Å². The van der Waals surface area contributed by atoms with Crippen LogP contribution in [0.4, 0.5) is 18.9 Å². The molecule has 3 aromatic rings. The van der Waals surface area contributed by atoms with Crippen LogP contribution in [-0.2, 0) is 15.8 Å². The Morgan fingerprint density at radius 1 is 1.03 bits per heavy atom. The van der Waals surface area contributed by atoms with Crippen LogP contribution in [0.3, 0.4) is 0 Å². The number of aryl methyl sites for hydroxylation is 1. The Balaban J connectivity index is 1.61. The number of nitrogens with zero attached hydrogens (tertiary/aromatic N) is 2. The normalized spacial score (nSPS) is 13.8. The summed E-state index contributed by atoms with van der Waals surface area (Å²) < 4.78 is 46.1. The molecule has 0 unspecified atom stereocenters. The maximum atomic E-state index is 12.9. The highest BCUT2D eigenvalue weighted by molar-refractivity contribution is 7.80. The van der Waals surface area contributed by atoms with Gasteiger partial charge in [-0.3, -0.25) is 30.3 Å². The number of alkyl halides is 3. The number of nitrogens with one attached hydrogen (secondary N) is 2. The largest absolute Gasteiger partial charge is 0.450 e. The summed E-state index contributed by atoms with van der Waals surface area (Å²) in [6.45, 7) is 3.61. The van der Waals surface area contributed by atoms with Crippen LogP contribution >= 0.6 is 12.2 Å². The van der Waals surface area contributed by atoms with E-state index in [9.17, 15) is 32.9 Å². The van der Waals surface area contributed by atoms with E-state index in [2.05, 4.69) is 10.6 Å². The van der Waals surface area contributed by atoms with Gasteiger partial charge in [0.1, 0.15) is 11.3 Å². The Hall–Kier alpha value is -4.52. The molecule has 9 nitrogen and oxygen atoms in total. The molecule has 190 valence electrons. The van der Waals surface area contributed by atoms with Crippen molar-refractivity contribution in [2.75, 3.05) is 0 Å². The first-order chi connectivity index (χ1) is 17.3. The van der Waals surface area contributed by atoms with Crippen molar-refractivity contribution >= 4 is 40.9 Å². The molecule has 0 radical (unpaired) electrons. The predicted octanol–water partition coefficient (Wildman–Crippen LogP) is 4.73. The van der Waals surface area contributed by atoms with E-state index in [1.54, 1.807) is 25.1 Å². The fraction of sp³-hybridized carbons (Fsp3) is 0.125. The number of carbonyl (C=O) groups excluding carboxylic acids is 2. The number of hydrogen-bond acceptors (Lipinski definition) is 6. The van der Waals surface area contributed by atoms with Gasteiger partial charge in [0.05, 0.1) is 10.5 Å². The highest BCUT2D eigenvalue weighted by atomic mass is 32.1. The molecular formula is C24H17F3N4O5S. The van der Waals surface area contributed by atoms with Crippen molar-refractivity contribution in [3.63, 3.8) is 0 Å². The van der Waals surface area contributed by atoms with Crippen LogP contribution in [0.25, 0.3) is 11.8 Å². The highest BCUT2D eigenvalue weighted by Crippen LogP contribution is 2.38. The Bertz CT molecular complexity index is 1470. The summed E-state index contributed by atoms with van der Waals surface area (Å²) in [5.41, 5.74) is 0.714. The number of rotatable bonds is 5. The molecule has 13 heteroatoms. The Labute approximate surface area is 212 Å². The van der Waals surface area contributed by atoms with Gasteiger partial charge in [-0.25, -0.2) is 0 Å². The summed E-state index contributed by atoms with van der Waals surface area (Å²) in [4.78, 5) is 34.7. The number of benzene rings is 2. The number of amides is 2. The number of thiocarbonyl (C=S) groups is 1. The molecule has 1 aliphatic rings. The number of aromatic nitrogens is 1. The van der Waals surface area contributed by atoms with Gasteiger partial charge in [-0.05, 0) is 80.2 Å². The first kappa shape index (κ1) is 25.6. The van der Waals surface area contributed by atoms with Crippen molar-refractivity contribution in [3.05, 3.63) is 86.7 Å². The summed E-state index contributed by atoms with van der Waals surface area (Å²) in [5, 5.41) is 16.0. The molecule has 2 amide bonds. The lowest BCUT2D eigenvalue weighted by Crippen LogP contribution is -2.51. The van der Waals surface area contributed by atoms with Crippen molar-refractivity contribution in [2.45, 2.75) is 20.0 Å². The highest BCUT2D eigenvalue weighted by Gasteiger charge is 2.33. The number of nitro benzene ring substituents is 1. The van der Waals surface area contributed by atoms with Crippen LogP contribution in [0.2, 0.25) is 0 Å². The molecule has 1 fully saturated rings. The zero-order valence-corrected chi connectivity index (χ0v) is 20.0. The van der Waals surface area contributed by atoms with Gasteiger partial charge in [0, 0.05) is 23.1 Å². The van der Waals surface area contributed by atoms with Crippen molar-refractivity contribution in [1.29, 1.82) is 0 Å². The number of halogens is 3. The molecule has 2 N–H and O–H groups in total. The van der Waals surface area contributed by atoms with E-state index in [1.807, 2.05) is 11.5 Å². The van der Waals surface area contributed by atoms with E-state index in [-0.39, 0.29) is 22.2 Å². The lowest BCUT2D eigenvalue weighted by molar-refractivity contribution is -0.385. The zero-order valence-electron chi connectivity index (χ0n) is 19.2. The maximum Gasteiger partial charge on any atom is 0.416 e. The first-order valence-electron chi connectivity index (χ1n) is 10.6. The quantitative estimate of drug-likeness (QED) is 0.162. The second-order valence-corrected chi connectivity index (χ2v) is 8.40. The van der Waals surface area contributed by atoms with Gasteiger partial charge in [-0.15, -0.1) is 0 Å². The topological polar surface area (TPSA) is 116 Å². The summed E-state index contributed by atoms with van der Waals surface area (Å²) in [5.74, 6) is -1.39. The molecule has 0 atom stereocenters. The van der Waals surface area contributed by atoms with Gasteiger partial charge in [-0.2, -0.15) is 13.2 Å². The average molecular weight is 530 g/mol. The first-order valence-corrected chi connectivity index (χ1v) is 11.0. The zero-order chi connectivity index (χ0) is 27.1. The standard InChI is InChI=1S/C24H17F3N4O5S/c1-12-9-14(10-18-21(32)28-23(37)29-22(18)33)13(2)30(12)16-4-6-17(7-5-16)36-20-8-3-15(24(25,26)27)11-19(20)31(34)35/h3-11H,1-2H3,(H2,28,29,32,33,37). The third-order valence-electron chi connectivity index (χ3n) is 5.52. The van der Waals surface area contributed by atoms with Gasteiger partial charge in [0.25, 0.3) is 11.8 Å². The van der Waals surface area contributed by atoms with Crippen LogP contribution in [-0.4, -0.2) is 26.4 Å². The van der Waals surface area contributed by atoms with E-state index in [1.165, 1.54) is 18.2 Å². The lowest BCUT2D eigenvalue weighted by Gasteiger charge is -2.16. The minimum Gasteiger partial charge on any atom is -0.450 e. The van der Waals surface area contributed by atoms with Crippen LogP contribution in [0.5, 0.6) is 11.5 Å². The third-order valence-corrected chi connectivity index (χ3v) is 5.72. The molecule has 0 aliphatic carbocycles. The third kappa shape index (κ3) is 5.21. The Kier molecular flexibility index (Phi) is 6.57. The van der Waals surface area contributed by atoms with E-state index in [0.717, 1.165) is 11.8 Å². The molecule has 2 heterocycles. The monoisotopic (exact) mass is 530 g/mol. The van der Waals surface area contributed by atoms with Crippen molar-refractivity contribution < 1.29 is 32.4 Å². The molecule has 2 aromatic carbocycles. The average Bonchev–Trinajstić information content (AvgIpc) is 3.09. The molecular weight excluding hydrogens is 513 g/mol. The Morgan fingerprint density at radius 2 is 1.65 bits per heavy atom. The van der Waals surface area contributed by atoms with E-state index >= 15 is 0 Å². The molecule has 37 heavy (non-hydrogen) atoms. The fourth-order valence-corrected chi connectivity index (χ4v) is 3.99. The molecule has 1 aromatic heterocycles. The number of ether oxygens (including phenoxy) is 1. The lowest BCUT2D eigenvalue weighted by atomic mass is 10.1. The SMILES string of the molecule is Cc1cc(C=C2C(=O)NC(=S)NC2=O)c(C)n1-c1ccc(Oc2ccc(C(F)(F)F)cc2[N+](=O)[O-])cc1. The fourth-order valence-electron chi connectivity index (χ4n) is 3.81. The summed E-state index contributed by atoms with van der Waals surface area (Å²) in [7, 11) is 0. The van der Waals surface area contributed by atoms with E-state index in [4.69, 9.17) is 17.0 Å². The summed E-state index contributed by atoms with van der Waals surface area (Å²) in [6, 6.07) is 10.1. The maximum absolute atomic E-state index is 12.9. The summed E-state index contributed by atoms with van der Waals surface area (Å²) in [6.07, 6.45) is -3.28. The number of hydrogen-bond donors (Lipinski definition) is 2. The second kappa shape index (κ2) is 9.50. The molecule has 0 spiro atoms. The predicted molar refractivity (Wildman–Crippen MR) is 130 cm³/mol. The smallest absolute Gasteiger partial charge is 0.416 e. The molecule has 4 rings (SSSR count). The minimum absolute atomic E-state index is 0.0680. The van der Waals surface area contributed by atoms with Gasteiger partial charge >= 0.3 is 11.9 Å². The molecule has 0 saturated carbocycles. The number of nitro groups is 1. The van der Waals surface area contributed by atoms with Crippen LogP contribution in [0, 0.1) is 24.0 Å². The van der Waals surface area contributed by atoms with E-state index < -0.39 is 34.2 Å². The van der Waals surface area contributed by atoms with Crippen molar-refractivity contribution in [1.82, 2.24) is 15.2 Å². The number of carbonyl (C=O) groups is 2. The van der Waals surface area contributed by atoms with Crippen LogP contribution < -0.4 is 15.4 Å². The Morgan fingerprint density at radius 3 is 2.22 bits per heavy atom. The summed E-state index contributed by atoms with van der Waals surface area (Å²) >= 11 is 4.80. The van der Waals surface area contributed by atoms with Gasteiger partial charge in [0.15, 0.2) is 5.11 Å². The minimum atomic E-state index is -4.73. The molecule has 0 bridgehead atoms. The van der Waals surface area contributed by atoms with Crippen LogP contribution in [0.1, 0.15) is 22.5 Å². The van der Waals surface area contributed by atoms with Crippen molar-refractivity contribution in [2.24, 2.45) is 0 Å².